The SMILES string of the molecule is CC(=O)Nc1cc(C(=O)[O-])cc(Cl)c1C. The van der Waals surface area contributed by atoms with E-state index in [4.69, 9.17) is 11.6 Å². The number of carboxylic acid groups (broad SMARTS) is 1. The molecule has 0 aromatic heterocycles. The minimum Gasteiger partial charge on any atom is -0.545 e. The molecule has 0 aliphatic carbocycles. The van der Waals surface area contributed by atoms with Gasteiger partial charge in [-0.15, -0.1) is 0 Å². The monoisotopic (exact) mass is 226 g/mol. The first-order chi connectivity index (χ1) is 6.91. The lowest BCUT2D eigenvalue weighted by Gasteiger charge is -2.11. The van der Waals surface area contributed by atoms with Gasteiger partial charge in [0.25, 0.3) is 0 Å². The van der Waals surface area contributed by atoms with Crippen LogP contribution in [0, 0.1) is 6.92 Å². The van der Waals surface area contributed by atoms with Gasteiger partial charge in [-0.2, -0.15) is 0 Å². The number of hydrogen-bond acceptors (Lipinski definition) is 3. The summed E-state index contributed by atoms with van der Waals surface area (Å²) >= 11 is 5.80. The molecule has 4 nitrogen and oxygen atoms in total. The lowest BCUT2D eigenvalue weighted by molar-refractivity contribution is -0.255. The zero-order valence-corrected chi connectivity index (χ0v) is 9.01. The van der Waals surface area contributed by atoms with Crippen molar-refractivity contribution in [2.45, 2.75) is 13.8 Å². The summed E-state index contributed by atoms with van der Waals surface area (Å²) < 4.78 is 0. The first kappa shape index (κ1) is 11.5. The third-order valence-electron chi connectivity index (χ3n) is 1.89. The molecule has 0 fully saturated rings. The predicted molar refractivity (Wildman–Crippen MR) is 54.8 cm³/mol. The molecule has 0 aliphatic heterocycles. The topological polar surface area (TPSA) is 69.2 Å². The van der Waals surface area contributed by atoms with Crippen LogP contribution in [0.5, 0.6) is 0 Å². The largest absolute Gasteiger partial charge is 0.545 e. The van der Waals surface area contributed by atoms with E-state index in [-0.39, 0.29) is 16.5 Å². The number of amides is 1. The van der Waals surface area contributed by atoms with Crippen molar-refractivity contribution in [1.29, 1.82) is 0 Å². The van der Waals surface area contributed by atoms with Crippen LogP contribution in [-0.4, -0.2) is 11.9 Å². The fourth-order valence-corrected chi connectivity index (χ4v) is 1.34. The van der Waals surface area contributed by atoms with Gasteiger partial charge in [0, 0.05) is 23.2 Å². The number of benzene rings is 1. The van der Waals surface area contributed by atoms with Gasteiger partial charge in [-0.25, -0.2) is 0 Å². The molecule has 0 atom stereocenters. The molecule has 0 radical (unpaired) electrons. The number of aromatic carboxylic acids is 1. The maximum Gasteiger partial charge on any atom is 0.221 e. The van der Waals surface area contributed by atoms with Crippen molar-refractivity contribution in [2.75, 3.05) is 5.32 Å². The first-order valence-electron chi connectivity index (χ1n) is 4.21. The highest BCUT2D eigenvalue weighted by atomic mass is 35.5. The van der Waals surface area contributed by atoms with Crippen LogP contribution in [0.15, 0.2) is 12.1 Å². The Balaban J connectivity index is 3.24. The summed E-state index contributed by atoms with van der Waals surface area (Å²) in [4.78, 5) is 21.5. The molecule has 0 unspecified atom stereocenters. The second-order valence-corrected chi connectivity index (χ2v) is 3.51. The number of carbonyl (C=O) groups excluding carboxylic acids is 2. The van der Waals surface area contributed by atoms with Gasteiger partial charge in [-0.1, -0.05) is 11.6 Å². The molecule has 1 N–H and O–H groups in total. The molecule has 1 aromatic carbocycles. The summed E-state index contributed by atoms with van der Waals surface area (Å²) in [6, 6.07) is 2.61. The van der Waals surface area contributed by atoms with Gasteiger partial charge in [0.05, 0.1) is 5.97 Å². The highest BCUT2D eigenvalue weighted by Gasteiger charge is 2.07. The van der Waals surface area contributed by atoms with Gasteiger partial charge in [-0.3, -0.25) is 4.79 Å². The standard InChI is InChI=1S/C10H10ClNO3/c1-5-8(11)3-7(10(14)15)4-9(5)12-6(2)13/h3-4H,1-2H3,(H,12,13)(H,14,15)/p-1. The molecule has 0 saturated carbocycles. The summed E-state index contributed by atoms with van der Waals surface area (Å²) in [6.45, 7) is 3.02. The van der Waals surface area contributed by atoms with E-state index < -0.39 is 5.97 Å². The number of halogens is 1. The van der Waals surface area contributed by atoms with Crippen molar-refractivity contribution in [3.63, 3.8) is 0 Å². The van der Waals surface area contributed by atoms with Crippen LogP contribution < -0.4 is 10.4 Å². The van der Waals surface area contributed by atoms with Gasteiger partial charge in [0.1, 0.15) is 0 Å². The lowest BCUT2D eigenvalue weighted by atomic mass is 10.1. The van der Waals surface area contributed by atoms with Crippen molar-refractivity contribution in [1.82, 2.24) is 0 Å². The van der Waals surface area contributed by atoms with Gasteiger partial charge in [0.2, 0.25) is 5.91 Å². The van der Waals surface area contributed by atoms with Crippen molar-refractivity contribution in [2.24, 2.45) is 0 Å². The zero-order valence-electron chi connectivity index (χ0n) is 8.26. The van der Waals surface area contributed by atoms with Gasteiger partial charge in [0.15, 0.2) is 0 Å². The number of carbonyl (C=O) groups is 2. The van der Waals surface area contributed by atoms with E-state index in [2.05, 4.69) is 5.32 Å². The van der Waals surface area contributed by atoms with Crippen LogP contribution >= 0.6 is 11.6 Å². The van der Waals surface area contributed by atoms with E-state index in [9.17, 15) is 14.7 Å². The molecule has 0 aliphatic rings. The minimum atomic E-state index is -1.33. The summed E-state index contributed by atoms with van der Waals surface area (Å²) in [7, 11) is 0. The van der Waals surface area contributed by atoms with Crippen molar-refractivity contribution >= 4 is 29.2 Å². The lowest BCUT2D eigenvalue weighted by Crippen LogP contribution is -2.22. The third-order valence-corrected chi connectivity index (χ3v) is 2.28. The van der Waals surface area contributed by atoms with Crippen LogP contribution in [0.4, 0.5) is 5.69 Å². The molecular formula is C10H9ClNO3-. The predicted octanol–water partition coefficient (Wildman–Crippen LogP) is 0.970. The average molecular weight is 227 g/mol. The zero-order chi connectivity index (χ0) is 11.6. The number of carboxylic acids is 1. The van der Waals surface area contributed by atoms with Crippen molar-refractivity contribution < 1.29 is 14.7 Å². The normalized spacial score (nSPS) is 9.80. The average Bonchev–Trinajstić information content (AvgIpc) is 2.11. The van der Waals surface area contributed by atoms with E-state index in [1.165, 1.54) is 19.1 Å². The second kappa shape index (κ2) is 4.31. The number of anilines is 1. The highest BCUT2D eigenvalue weighted by molar-refractivity contribution is 6.32. The van der Waals surface area contributed by atoms with Crippen molar-refractivity contribution in [3.05, 3.63) is 28.3 Å². The molecule has 1 aromatic rings. The fraction of sp³-hybridized carbons (Fsp3) is 0.200. The Morgan fingerprint density at radius 3 is 2.47 bits per heavy atom. The van der Waals surface area contributed by atoms with Crippen LogP contribution in [0.2, 0.25) is 5.02 Å². The van der Waals surface area contributed by atoms with Crippen LogP contribution in [0.25, 0.3) is 0 Å². The summed E-state index contributed by atoms with van der Waals surface area (Å²) in [5.41, 5.74) is 0.945. The molecule has 15 heavy (non-hydrogen) atoms. The smallest absolute Gasteiger partial charge is 0.221 e. The van der Waals surface area contributed by atoms with Gasteiger partial charge < -0.3 is 15.2 Å². The molecule has 80 valence electrons. The molecule has 0 bridgehead atoms. The Hall–Kier alpha value is -1.55. The van der Waals surface area contributed by atoms with Crippen LogP contribution in [0.1, 0.15) is 22.8 Å². The number of hydrogen-bond donors (Lipinski definition) is 1. The molecule has 0 heterocycles. The quantitative estimate of drug-likeness (QED) is 0.817. The Morgan fingerprint density at radius 1 is 1.40 bits per heavy atom. The molecule has 1 amide bonds. The molecular weight excluding hydrogens is 218 g/mol. The molecule has 0 spiro atoms. The summed E-state index contributed by atoms with van der Waals surface area (Å²) in [5.74, 6) is -1.62. The van der Waals surface area contributed by atoms with E-state index >= 15 is 0 Å². The maximum atomic E-state index is 10.8. The minimum absolute atomic E-state index is 0.0608. The van der Waals surface area contributed by atoms with Crippen LogP contribution in [0.3, 0.4) is 0 Å². The molecule has 0 saturated heterocycles. The second-order valence-electron chi connectivity index (χ2n) is 3.10. The first-order valence-corrected chi connectivity index (χ1v) is 4.58. The summed E-state index contributed by atoms with van der Waals surface area (Å²) in [5, 5.41) is 13.4. The number of nitrogens with one attached hydrogen (secondary N) is 1. The van der Waals surface area contributed by atoms with E-state index in [0.29, 0.717) is 11.3 Å². The van der Waals surface area contributed by atoms with E-state index in [0.717, 1.165) is 0 Å². The Morgan fingerprint density at radius 2 is 2.00 bits per heavy atom. The van der Waals surface area contributed by atoms with Crippen molar-refractivity contribution in [3.8, 4) is 0 Å². The summed E-state index contributed by atoms with van der Waals surface area (Å²) in [6.07, 6.45) is 0. The molecule has 1 rings (SSSR count). The Kier molecular flexibility index (Phi) is 3.31. The Bertz CT molecular complexity index is 429. The maximum absolute atomic E-state index is 10.8. The van der Waals surface area contributed by atoms with Gasteiger partial charge in [-0.05, 0) is 24.6 Å². The Labute approximate surface area is 91.9 Å². The van der Waals surface area contributed by atoms with Gasteiger partial charge >= 0.3 is 0 Å². The molecule has 5 heteroatoms. The van der Waals surface area contributed by atoms with Crippen LogP contribution in [-0.2, 0) is 4.79 Å². The highest BCUT2D eigenvalue weighted by Crippen LogP contribution is 2.25. The fourth-order valence-electron chi connectivity index (χ4n) is 1.12. The third kappa shape index (κ3) is 2.70. The van der Waals surface area contributed by atoms with E-state index in [1.54, 1.807) is 6.92 Å². The van der Waals surface area contributed by atoms with E-state index in [1.807, 2.05) is 0 Å². The number of rotatable bonds is 2.